The number of hydrazone groups is 1. The smallest absolute Gasteiger partial charge is 0.328 e. The molecule has 1 aromatic carbocycles. The van der Waals surface area contributed by atoms with Crippen molar-refractivity contribution in [3.05, 3.63) is 47.0 Å². The molecule has 0 amide bonds. The lowest BCUT2D eigenvalue weighted by atomic mass is 10.1. The molecular formula is C16H14N4O5. The second kappa shape index (κ2) is 6.06. The zero-order valence-electron chi connectivity index (χ0n) is 13.1. The summed E-state index contributed by atoms with van der Waals surface area (Å²) in [7, 11) is 0. The van der Waals surface area contributed by atoms with Gasteiger partial charge in [0.05, 0.1) is 17.4 Å². The number of hydrogen-bond acceptors (Lipinski definition) is 8. The third-order valence-electron chi connectivity index (χ3n) is 3.65. The molecule has 0 saturated heterocycles. The molecule has 0 saturated carbocycles. The molecule has 1 unspecified atom stereocenters. The van der Waals surface area contributed by atoms with Crippen molar-refractivity contribution in [1.29, 1.82) is 0 Å². The first-order valence-corrected chi connectivity index (χ1v) is 7.43. The molecule has 1 aliphatic heterocycles. The molecule has 0 aliphatic carbocycles. The van der Waals surface area contributed by atoms with Crippen molar-refractivity contribution in [2.75, 3.05) is 12.2 Å². The van der Waals surface area contributed by atoms with Crippen molar-refractivity contribution in [1.82, 2.24) is 4.98 Å². The Bertz CT molecular complexity index is 967. The summed E-state index contributed by atoms with van der Waals surface area (Å²) in [5.74, 6) is 1.51. The van der Waals surface area contributed by atoms with Gasteiger partial charge in [0.2, 0.25) is 6.79 Å². The maximum absolute atomic E-state index is 10.8. The van der Waals surface area contributed by atoms with Gasteiger partial charge in [0.25, 0.3) is 0 Å². The standard InChI is InChI=1S/C16H14N4O5/c1-9-4-13(19-17-7-10-2-3-16(25-10)20(21)22)11-5-14-15(24-8-23-14)6-12(11)18-9/h2-7,20-21H,8H2,1H3,(H,18,19)/b17-7+. The van der Waals surface area contributed by atoms with Gasteiger partial charge in [-0.3, -0.25) is 10.4 Å². The number of hydrogen-bond donors (Lipinski definition) is 3. The summed E-state index contributed by atoms with van der Waals surface area (Å²) in [5.41, 5.74) is 5.24. The Labute approximate surface area is 141 Å². The molecule has 3 N–H and O–H groups in total. The maximum atomic E-state index is 10.8. The van der Waals surface area contributed by atoms with Gasteiger partial charge in [0.1, 0.15) is 0 Å². The topological polar surface area (TPSA) is 117 Å². The Hall–Kier alpha value is -3.14. The molecule has 25 heavy (non-hydrogen) atoms. The molecule has 4 rings (SSSR count). The molecule has 9 nitrogen and oxygen atoms in total. The van der Waals surface area contributed by atoms with Crippen LogP contribution in [0.4, 0.5) is 11.6 Å². The Morgan fingerprint density at radius 2 is 2.08 bits per heavy atom. The van der Waals surface area contributed by atoms with Crippen molar-refractivity contribution < 1.29 is 24.3 Å². The van der Waals surface area contributed by atoms with Gasteiger partial charge in [-0.25, -0.2) is 5.21 Å². The molecule has 1 aliphatic rings. The molecule has 0 bridgehead atoms. The fourth-order valence-electron chi connectivity index (χ4n) is 2.54. The van der Waals surface area contributed by atoms with Gasteiger partial charge in [-0.2, -0.15) is 10.3 Å². The highest BCUT2D eigenvalue weighted by Gasteiger charge is 2.16. The Morgan fingerprint density at radius 1 is 1.28 bits per heavy atom. The molecule has 1 atom stereocenters. The van der Waals surface area contributed by atoms with E-state index in [1.54, 1.807) is 0 Å². The SMILES string of the molecule is Cc1cc(N/N=C/c2ccc([NH+]([O-])O)o2)c2cc3c(cc2n1)OCO3. The molecule has 9 heteroatoms. The zero-order valence-corrected chi connectivity index (χ0v) is 13.1. The second-order valence-electron chi connectivity index (χ2n) is 5.41. The van der Waals surface area contributed by atoms with Gasteiger partial charge in [0.15, 0.2) is 17.3 Å². The van der Waals surface area contributed by atoms with Crippen molar-refractivity contribution in [2.45, 2.75) is 6.92 Å². The number of benzene rings is 1. The number of rotatable bonds is 4. The summed E-state index contributed by atoms with van der Waals surface area (Å²) in [4.78, 5) is 4.49. The number of pyridine rings is 1. The van der Waals surface area contributed by atoms with Crippen LogP contribution in [-0.2, 0) is 0 Å². The number of nitrogens with one attached hydrogen (secondary N) is 2. The van der Waals surface area contributed by atoms with Crippen LogP contribution in [0.15, 0.2) is 39.9 Å². The molecule has 2 aromatic heterocycles. The summed E-state index contributed by atoms with van der Waals surface area (Å²) >= 11 is 0. The van der Waals surface area contributed by atoms with E-state index in [0.29, 0.717) is 17.3 Å². The first kappa shape index (κ1) is 15.4. The monoisotopic (exact) mass is 342 g/mol. The number of fused-ring (bicyclic) bond motifs is 2. The normalized spacial score (nSPS) is 14.4. The van der Waals surface area contributed by atoms with E-state index in [-0.39, 0.29) is 12.7 Å². The van der Waals surface area contributed by atoms with Crippen molar-refractivity contribution >= 4 is 28.7 Å². The van der Waals surface area contributed by atoms with E-state index in [1.165, 1.54) is 18.3 Å². The maximum Gasteiger partial charge on any atom is 0.328 e. The van der Waals surface area contributed by atoms with Crippen LogP contribution >= 0.6 is 0 Å². The quantitative estimate of drug-likeness (QED) is 0.488. The zero-order chi connectivity index (χ0) is 17.4. The largest absolute Gasteiger partial charge is 0.592 e. The summed E-state index contributed by atoms with van der Waals surface area (Å²) < 4.78 is 15.9. The lowest BCUT2D eigenvalue weighted by Gasteiger charge is -2.08. The van der Waals surface area contributed by atoms with Crippen LogP contribution < -0.4 is 20.1 Å². The first-order valence-electron chi connectivity index (χ1n) is 7.43. The lowest BCUT2D eigenvalue weighted by molar-refractivity contribution is -0.997. The highest BCUT2D eigenvalue weighted by molar-refractivity contribution is 5.94. The van der Waals surface area contributed by atoms with Crippen LogP contribution in [0, 0.1) is 12.1 Å². The fourth-order valence-corrected chi connectivity index (χ4v) is 2.54. The Morgan fingerprint density at radius 3 is 2.84 bits per heavy atom. The van der Waals surface area contributed by atoms with E-state index >= 15 is 0 Å². The number of ether oxygens (including phenoxy) is 2. The summed E-state index contributed by atoms with van der Waals surface area (Å²) in [6.45, 7) is 2.07. The molecule has 3 aromatic rings. The number of quaternary nitrogens is 1. The van der Waals surface area contributed by atoms with Crippen molar-refractivity contribution in [2.24, 2.45) is 5.10 Å². The number of anilines is 1. The first-order chi connectivity index (χ1) is 12.1. The van der Waals surface area contributed by atoms with E-state index in [9.17, 15) is 5.21 Å². The van der Waals surface area contributed by atoms with E-state index in [4.69, 9.17) is 19.1 Å². The van der Waals surface area contributed by atoms with Gasteiger partial charge in [-0.05, 0) is 25.1 Å². The molecule has 0 spiro atoms. The van der Waals surface area contributed by atoms with Gasteiger partial charge < -0.3 is 19.1 Å². The number of nitrogens with zero attached hydrogens (tertiary/aromatic N) is 2. The van der Waals surface area contributed by atoms with E-state index in [1.807, 2.05) is 25.1 Å². The van der Waals surface area contributed by atoms with E-state index < -0.39 is 5.23 Å². The van der Waals surface area contributed by atoms with Gasteiger partial charge >= 0.3 is 5.88 Å². The summed E-state index contributed by atoms with van der Waals surface area (Å²) in [6.07, 6.45) is 1.40. The Balaban J connectivity index is 1.63. The minimum Gasteiger partial charge on any atom is -0.592 e. The van der Waals surface area contributed by atoms with Crippen molar-refractivity contribution in [3.63, 3.8) is 0 Å². The summed E-state index contributed by atoms with van der Waals surface area (Å²) in [6, 6.07) is 8.42. The molecule has 0 fully saturated rings. The van der Waals surface area contributed by atoms with Crippen LogP contribution in [0.1, 0.15) is 11.5 Å². The third-order valence-corrected chi connectivity index (χ3v) is 3.65. The van der Waals surface area contributed by atoms with Gasteiger partial charge in [-0.15, -0.1) is 0 Å². The Kier molecular flexibility index (Phi) is 3.73. The highest BCUT2D eigenvalue weighted by Crippen LogP contribution is 2.38. The predicted octanol–water partition coefficient (Wildman–Crippen LogP) is 1.71. The molecule has 3 heterocycles. The van der Waals surface area contributed by atoms with Crippen LogP contribution in [0.25, 0.3) is 10.9 Å². The number of aryl methyl sites for hydroxylation is 1. The van der Waals surface area contributed by atoms with Crippen molar-refractivity contribution in [3.8, 4) is 11.5 Å². The predicted molar refractivity (Wildman–Crippen MR) is 88.3 cm³/mol. The van der Waals surface area contributed by atoms with Crippen LogP contribution in [0.2, 0.25) is 0 Å². The average Bonchev–Trinajstić information content (AvgIpc) is 3.21. The van der Waals surface area contributed by atoms with Gasteiger partial charge in [-0.1, -0.05) is 0 Å². The number of aromatic nitrogens is 1. The fraction of sp³-hybridized carbons (Fsp3) is 0.125. The van der Waals surface area contributed by atoms with Gasteiger partial charge in [0, 0.05) is 23.2 Å². The number of furan rings is 1. The van der Waals surface area contributed by atoms with Crippen LogP contribution in [0.3, 0.4) is 0 Å². The van der Waals surface area contributed by atoms with E-state index in [2.05, 4.69) is 15.5 Å². The molecular weight excluding hydrogens is 328 g/mol. The molecule has 0 radical (unpaired) electrons. The minimum absolute atomic E-state index is 0.139. The van der Waals surface area contributed by atoms with Crippen LogP contribution in [-0.4, -0.2) is 23.2 Å². The second-order valence-corrected chi connectivity index (χ2v) is 5.41. The average molecular weight is 342 g/mol. The minimum atomic E-state index is -1.13. The highest BCUT2D eigenvalue weighted by atomic mass is 16.8. The van der Waals surface area contributed by atoms with E-state index in [0.717, 1.165) is 22.3 Å². The summed E-state index contributed by atoms with van der Waals surface area (Å²) in [5, 5.41) is 23.5. The third kappa shape index (κ3) is 2.98. The molecule has 128 valence electrons. The lowest BCUT2D eigenvalue weighted by Crippen LogP contribution is -2.99. The van der Waals surface area contributed by atoms with Crippen LogP contribution in [0.5, 0.6) is 11.5 Å².